The van der Waals surface area contributed by atoms with Crippen LogP contribution in [0.4, 0.5) is 18.9 Å². The van der Waals surface area contributed by atoms with E-state index in [1.807, 2.05) is 6.07 Å². The summed E-state index contributed by atoms with van der Waals surface area (Å²) in [6.45, 7) is -0.286. The number of nitrogens with one attached hydrogen (secondary N) is 2. The summed E-state index contributed by atoms with van der Waals surface area (Å²) in [5, 5.41) is 13.6. The highest BCUT2D eigenvalue weighted by molar-refractivity contribution is 5.96. The molecule has 1 aliphatic heterocycles. The van der Waals surface area contributed by atoms with E-state index in [2.05, 4.69) is 10.6 Å². The number of hydrogen-bond donors (Lipinski definition) is 2. The Morgan fingerprint density at radius 2 is 2.20 bits per heavy atom. The van der Waals surface area contributed by atoms with E-state index >= 15 is 0 Å². The molecule has 0 aliphatic carbocycles. The average Bonchev–Trinajstić information content (AvgIpc) is 2.89. The lowest BCUT2D eigenvalue weighted by atomic mass is 9.85. The average molecular weight is 283 g/mol. The van der Waals surface area contributed by atoms with E-state index in [1.165, 1.54) is 24.3 Å². The van der Waals surface area contributed by atoms with Gasteiger partial charge in [-0.05, 0) is 31.2 Å². The van der Waals surface area contributed by atoms with Crippen molar-refractivity contribution in [1.29, 1.82) is 5.26 Å². The molecule has 0 aromatic heterocycles. The Morgan fingerprint density at radius 3 is 2.75 bits per heavy atom. The van der Waals surface area contributed by atoms with Crippen LogP contribution in [-0.2, 0) is 4.79 Å². The Hall–Kier alpha value is -2.07. The first-order valence-electron chi connectivity index (χ1n) is 5.98. The van der Waals surface area contributed by atoms with Crippen LogP contribution in [-0.4, -0.2) is 25.2 Å². The first kappa shape index (κ1) is 14.3. The fourth-order valence-electron chi connectivity index (χ4n) is 2.17. The molecular weight excluding hydrogens is 271 g/mol. The van der Waals surface area contributed by atoms with Crippen LogP contribution >= 0.6 is 0 Å². The Balaban J connectivity index is 2.24. The van der Waals surface area contributed by atoms with Gasteiger partial charge in [-0.25, -0.2) is 0 Å². The van der Waals surface area contributed by atoms with Crippen molar-refractivity contribution in [3.05, 3.63) is 29.8 Å². The molecule has 1 aromatic rings. The van der Waals surface area contributed by atoms with E-state index < -0.39 is 24.0 Å². The molecule has 1 fully saturated rings. The lowest BCUT2D eigenvalue weighted by molar-refractivity contribution is -0.213. The number of amides is 1. The molecule has 1 aromatic carbocycles. The summed E-state index contributed by atoms with van der Waals surface area (Å²) in [6, 6.07) is 7.66. The van der Waals surface area contributed by atoms with Gasteiger partial charge in [0.1, 0.15) is 0 Å². The van der Waals surface area contributed by atoms with Crippen LogP contribution in [0.5, 0.6) is 0 Å². The first-order chi connectivity index (χ1) is 9.39. The monoisotopic (exact) mass is 283 g/mol. The molecule has 1 amide bonds. The highest BCUT2D eigenvalue weighted by Gasteiger charge is 2.61. The SMILES string of the molecule is N#Cc1cccc(NC(=O)C2(C(F)(F)F)CCNC2)c1. The van der Waals surface area contributed by atoms with Crippen molar-refractivity contribution in [3.8, 4) is 6.07 Å². The normalized spacial score (nSPS) is 22.3. The van der Waals surface area contributed by atoms with Gasteiger partial charge in [0.25, 0.3) is 0 Å². The van der Waals surface area contributed by atoms with Crippen LogP contribution in [0.1, 0.15) is 12.0 Å². The molecule has 1 saturated heterocycles. The largest absolute Gasteiger partial charge is 0.404 e. The molecule has 7 heteroatoms. The first-order valence-corrected chi connectivity index (χ1v) is 5.98. The Labute approximate surface area is 113 Å². The molecule has 1 unspecified atom stereocenters. The van der Waals surface area contributed by atoms with E-state index in [-0.39, 0.29) is 24.2 Å². The van der Waals surface area contributed by atoms with E-state index in [4.69, 9.17) is 5.26 Å². The third kappa shape index (κ3) is 2.47. The summed E-state index contributed by atoms with van der Waals surface area (Å²) < 4.78 is 39.5. The molecule has 4 nitrogen and oxygen atoms in total. The van der Waals surface area contributed by atoms with Gasteiger partial charge in [0.15, 0.2) is 5.41 Å². The second-order valence-corrected chi connectivity index (χ2v) is 4.65. The van der Waals surface area contributed by atoms with E-state index in [0.29, 0.717) is 0 Å². The molecule has 1 heterocycles. The molecule has 1 atom stereocenters. The predicted octanol–water partition coefficient (Wildman–Crippen LogP) is 2.04. The maximum Gasteiger partial charge on any atom is 0.404 e. The molecular formula is C13H12F3N3O. The number of anilines is 1. The van der Waals surface area contributed by atoms with Crippen LogP contribution in [0, 0.1) is 16.7 Å². The van der Waals surface area contributed by atoms with Gasteiger partial charge in [0.2, 0.25) is 5.91 Å². The number of rotatable bonds is 2. The minimum Gasteiger partial charge on any atom is -0.325 e. The maximum absolute atomic E-state index is 13.2. The van der Waals surface area contributed by atoms with Gasteiger partial charge in [-0.15, -0.1) is 0 Å². The summed E-state index contributed by atoms with van der Waals surface area (Å²) in [5.74, 6) is -1.09. The van der Waals surface area contributed by atoms with Crippen molar-refractivity contribution in [2.75, 3.05) is 18.4 Å². The van der Waals surface area contributed by atoms with Crippen LogP contribution in [0.2, 0.25) is 0 Å². The molecule has 0 saturated carbocycles. The number of hydrogen-bond acceptors (Lipinski definition) is 3. The fourth-order valence-corrected chi connectivity index (χ4v) is 2.17. The number of nitriles is 1. The number of halogens is 3. The zero-order valence-electron chi connectivity index (χ0n) is 10.4. The van der Waals surface area contributed by atoms with Gasteiger partial charge in [-0.3, -0.25) is 4.79 Å². The molecule has 0 radical (unpaired) electrons. The Kier molecular flexibility index (Phi) is 3.68. The Morgan fingerprint density at radius 1 is 1.45 bits per heavy atom. The second kappa shape index (κ2) is 5.13. The third-order valence-corrected chi connectivity index (χ3v) is 3.38. The Bertz CT molecular complexity index is 557. The smallest absolute Gasteiger partial charge is 0.325 e. The summed E-state index contributed by atoms with van der Waals surface area (Å²) in [7, 11) is 0. The van der Waals surface area contributed by atoms with Gasteiger partial charge in [-0.1, -0.05) is 6.07 Å². The summed E-state index contributed by atoms with van der Waals surface area (Å²) in [4.78, 5) is 12.0. The lowest BCUT2D eigenvalue weighted by Gasteiger charge is -2.29. The molecule has 2 N–H and O–H groups in total. The van der Waals surface area contributed by atoms with E-state index in [0.717, 1.165) is 0 Å². The van der Waals surface area contributed by atoms with Crippen molar-refractivity contribution in [2.24, 2.45) is 5.41 Å². The summed E-state index contributed by atoms with van der Waals surface area (Å²) in [6.07, 6.45) is -4.91. The van der Waals surface area contributed by atoms with Crippen LogP contribution in [0.15, 0.2) is 24.3 Å². The van der Waals surface area contributed by atoms with Crippen LogP contribution in [0.25, 0.3) is 0 Å². The second-order valence-electron chi connectivity index (χ2n) is 4.65. The number of carbonyl (C=O) groups is 1. The van der Waals surface area contributed by atoms with Crippen molar-refractivity contribution < 1.29 is 18.0 Å². The highest BCUT2D eigenvalue weighted by atomic mass is 19.4. The molecule has 0 spiro atoms. The zero-order chi connectivity index (χ0) is 14.8. The quantitative estimate of drug-likeness (QED) is 0.873. The summed E-state index contributed by atoms with van der Waals surface area (Å²) >= 11 is 0. The van der Waals surface area contributed by atoms with Crippen molar-refractivity contribution in [3.63, 3.8) is 0 Å². The molecule has 0 bridgehead atoms. The van der Waals surface area contributed by atoms with Gasteiger partial charge >= 0.3 is 6.18 Å². The van der Waals surface area contributed by atoms with E-state index in [9.17, 15) is 18.0 Å². The van der Waals surface area contributed by atoms with Crippen molar-refractivity contribution in [1.82, 2.24) is 5.32 Å². The molecule has 1 aliphatic rings. The van der Waals surface area contributed by atoms with Gasteiger partial charge in [0, 0.05) is 12.2 Å². The summed E-state index contributed by atoms with van der Waals surface area (Å²) in [5.41, 5.74) is -1.95. The van der Waals surface area contributed by atoms with Gasteiger partial charge in [-0.2, -0.15) is 18.4 Å². The standard InChI is InChI=1S/C13H12F3N3O/c14-13(15,16)12(4-5-18-8-12)11(20)19-10-3-1-2-9(6-10)7-17/h1-3,6,18H,4-5,8H2,(H,19,20). The molecule has 106 valence electrons. The highest BCUT2D eigenvalue weighted by Crippen LogP contribution is 2.43. The van der Waals surface area contributed by atoms with Crippen molar-refractivity contribution >= 4 is 11.6 Å². The molecule has 2 rings (SSSR count). The topological polar surface area (TPSA) is 64.9 Å². The zero-order valence-corrected chi connectivity index (χ0v) is 10.4. The third-order valence-electron chi connectivity index (χ3n) is 3.38. The van der Waals surface area contributed by atoms with Gasteiger partial charge < -0.3 is 10.6 Å². The number of alkyl halides is 3. The number of nitrogens with zero attached hydrogens (tertiary/aromatic N) is 1. The molecule has 20 heavy (non-hydrogen) atoms. The van der Waals surface area contributed by atoms with Crippen molar-refractivity contribution in [2.45, 2.75) is 12.6 Å². The van der Waals surface area contributed by atoms with Crippen LogP contribution < -0.4 is 10.6 Å². The maximum atomic E-state index is 13.2. The number of benzene rings is 1. The minimum atomic E-state index is -4.62. The fraction of sp³-hybridized carbons (Fsp3) is 0.385. The predicted molar refractivity (Wildman–Crippen MR) is 65.8 cm³/mol. The van der Waals surface area contributed by atoms with E-state index in [1.54, 1.807) is 0 Å². The lowest BCUT2D eigenvalue weighted by Crippen LogP contribution is -2.49. The number of carbonyl (C=O) groups excluding carboxylic acids is 1. The minimum absolute atomic E-state index is 0.144. The van der Waals surface area contributed by atoms with Crippen LogP contribution in [0.3, 0.4) is 0 Å². The van der Waals surface area contributed by atoms with Gasteiger partial charge in [0.05, 0.1) is 11.6 Å².